The van der Waals surface area contributed by atoms with Crippen molar-refractivity contribution in [2.45, 2.75) is 52.2 Å². The second kappa shape index (κ2) is 5.73. The number of benzene rings is 1. The molecule has 0 amide bonds. The molecule has 0 saturated carbocycles. The lowest BCUT2D eigenvalue weighted by Crippen LogP contribution is -2.41. The number of nitrogens with zero attached hydrogens (tertiary/aromatic N) is 2. The minimum absolute atomic E-state index is 0.367. The molecule has 4 nitrogen and oxygen atoms in total. The Bertz CT molecular complexity index is 665. The molecule has 2 heterocycles. The highest BCUT2D eigenvalue weighted by atomic mass is 16.7. The molecule has 0 bridgehead atoms. The van der Waals surface area contributed by atoms with E-state index in [0.717, 1.165) is 17.7 Å². The molecule has 1 aliphatic heterocycles. The van der Waals surface area contributed by atoms with Gasteiger partial charge in [-0.1, -0.05) is 31.2 Å². The Balaban J connectivity index is 1.80. The van der Waals surface area contributed by atoms with Crippen molar-refractivity contribution >= 4 is 12.7 Å². The summed E-state index contributed by atoms with van der Waals surface area (Å²) in [5, 5.41) is 0. The number of aryl methyl sites for hydroxylation is 1. The molecular formula is C18H23BN2O2. The quantitative estimate of drug-likeness (QED) is 0.818. The molecule has 3 rings (SSSR count). The van der Waals surface area contributed by atoms with Crippen LogP contribution in [0.4, 0.5) is 0 Å². The van der Waals surface area contributed by atoms with Crippen LogP contribution < -0.4 is 5.59 Å². The summed E-state index contributed by atoms with van der Waals surface area (Å²) < 4.78 is 12.0. The summed E-state index contributed by atoms with van der Waals surface area (Å²) in [6.07, 6.45) is 4.55. The maximum atomic E-state index is 6.00. The van der Waals surface area contributed by atoms with Crippen LogP contribution in [-0.2, 0) is 15.7 Å². The summed E-state index contributed by atoms with van der Waals surface area (Å²) in [5.41, 5.74) is 3.21. The number of aromatic nitrogens is 2. The van der Waals surface area contributed by atoms with E-state index in [9.17, 15) is 0 Å². The summed E-state index contributed by atoms with van der Waals surface area (Å²) in [5.74, 6) is 0. The van der Waals surface area contributed by atoms with Crippen molar-refractivity contribution in [3.05, 3.63) is 42.2 Å². The van der Waals surface area contributed by atoms with Crippen molar-refractivity contribution < 1.29 is 9.31 Å². The van der Waals surface area contributed by atoms with Crippen LogP contribution in [0.5, 0.6) is 0 Å². The van der Waals surface area contributed by atoms with Gasteiger partial charge in [0.25, 0.3) is 0 Å². The third kappa shape index (κ3) is 3.03. The van der Waals surface area contributed by atoms with E-state index in [1.54, 1.807) is 12.4 Å². The average Bonchev–Trinajstić information content (AvgIpc) is 2.76. The monoisotopic (exact) mass is 310 g/mol. The van der Waals surface area contributed by atoms with Gasteiger partial charge in [0.2, 0.25) is 0 Å². The Morgan fingerprint density at radius 1 is 0.913 bits per heavy atom. The maximum absolute atomic E-state index is 6.00. The van der Waals surface area contributed by atoms with Crippen molar-refractivity contribution in [3.8, 4) is 11.3 Å². The summed E-state index contributed by atoms with van der Waals surface area (Å²) in [7, 11) is -0.469. The lowest BCUT2D eigenvalue weighted by molar-refractivity contribution is 0.00578. The molecule has 5 heteroatoms. The van der Waals surface area contributed by atoms with Crippen LogP contribution in [-0.4, -0.2) is 28.3 Å². The van der Waals surface area contributed by atoms with E-state index >= 15 is 0 Å². The van der Waals surface area contributed by atoms with Crippen LogP contribution in [0.2, 0.25) is 0 Å². The maximum Gasteiger partial charge on any atom is 0.516 e. The van der Waals surface area contributed by atoms with E-state index in [-0.39, 0.29) is 11.2 Å². The standard InChI is InChI=1S/C18H23BN2O2/c1-6-13-7-9-14(10-8-13)15-11-21-16(12-20-15)19-22-17(2,3)18(4,5)23-19/h7-12H,6H2,1-5H3. The molecular weight excluding hydrogens is 287 g/mol. The first-order valence-corrected chi connectivity index (χ1v) is 8.09. The van der Waals surface area contributed by atoms with Crippen LogP contribution in [0.1, 0.15) is 40.2 Å². The number of hydrogen-bond acceptors (Lipinski definition) is 4. The van der Waals surface area contributed by atoms with Crippen LogP contribution >= 0.6 is 0 Å². The van der Waals surface area contributed by atoms with Gasteiger partial charge in [-0.3, -0.25) is 9.97 Å². The van der Waals surface area contributed by atoms with Crippen LogP contribution in [0.15, 0.2) is 36.7 Å². The fraction of sp³-hybridized carbons (Fsp3) is 0.444. The summed E-state index contributed by atoms with van der Waals surface area (Å²) in [6, 6.07) is 8.41. The smallest absolute Gasteiger partial charge is 0.398 e. The van der Waals surface area contributed by atoms with Gasteiger partial charge in [-0.15, -0.1) is 0 Å². The highest BCUT2D eigenvalue weighted by Crippen LogP contribution is 2.36. The van der Waals surface area contributed by atoms with E-state index in [4.69, 9.17) is 9.31 Å². The van der Waals surface area contributed by atoms with Gasteiger partial charge in [0.1, 0.15) is 0 Å². The molecule has 1 aromatic carbocycles. The van der Waals surface area contributed by atoms with Gasteiger partial charge in [-0.2, -0.15) is 0 Å². The third-order valence-corrected chi connectivity index (χ3v) is 4.82. The number of hydrogen-bond donors (Lipinski definition) is 0. The molecule has 1 saturated heterocycles. The summed E-state index contributed by atoms with van der Waals surface area (Å²) in [4.78, 5) is 9.02. The zero-order chi connectivity index (χ0) is 16.7. The first-order valence-electron chi connectivity index (χ1n) is 8.09. The Kier molecular flexibility index (Phi) is 4.02. The van der Waals surface area contributed by atoms with Gasteiger partial charge in [-0.25, -0.2) is 0 Å². The minimum atomic E-state index is -0.469. The Labute approximate surface area is 138 Å². The van der Waals surface area contributed by atoms with Crippen LogP contribution in [0, 0.1) is 0 Å². The predicted octanol–water partition coefficient (Wildman–Crippen LogP) is 3.01. The minimum Gasteiger partial charge on any atom is -0.398 e. The molecule has 0 N–H and O–H groups in total. The van der Waals surface area contributed by atoms with Crippen molar-refractivity contribution in [2.24, 2.45) is 0 Å². The average molecular weight is 310 g/mol. The highest BCUT2D eigenvalue weighted by Gasteiger charge is 2.52. The molecule has 120 valence electrons. The van der Waals surface area contributed by atoms with Crippen molar-refractivity contribution in [2.75, 3.05) is 0 Å². The van der Waals surface area contributed by atoms with Gasteiger partial charge >= 0.3 is 7.12 Å². The van der Waals surface area contributed by atoms with E-state index < -0.39 is 7.12 Å². The van der Waals surface area contributed by atoms with Gasteiger partial charge in [-0.05, 0) is 39.7 Å². The second-order valence-electron chi connectivity index (χ2n) is 6.97. The van der Waals surface area contributed by atoms with Gasteiger partial charge in [0.05, 0.1) is 28.7 Å². The second-order valence-corrected chi connectivity index (χ2v) is 6.97. The third-order valence-electron chi connectivity index (χ3n) is 4.82. The molecule has 0 aliphatic carbocycles. The zero-order valence-corrected chi connectivity index (χ0v) is 14.5. The van der Waals surface area contributed by atoms with Gasteiger partial charge in [0.15, 0.2) is 0 Å². The van der Waals surface area contributed by atoms with Crippen LogP contribution in [0.3, 0.4) is 0 Å². The van der Waals surface area contributed by atoms with Gasteiger partial charge < -0.3 is 9.31 Å². The van der Waals surface area contributed by atoms with Crippen molar-refractivity contribution in [1.82, 2.24) is 9.97 Å². The Morgan fingerprint density at radius 3 is 2.00 bits per heavy atom. The predicted molar refractivity (Wildman–Crippen MR) is 92.6 cm³/mol. The molecule has 1 aliphatic rings. The molecule has 0 spiro atoms. The number of rotatable bonds is 3. The highest BCUT2D eigenvalue weighted by molar-refractivity contribution is 6.61. The van der Waals surface area contributed by atoms with E-state index in [0.29, 0.717) is 5.59 Å². The normalized spacial score (nSPS) is 19.1. The topological polar surface area (TPSA) is 44.2 Å². The lowest BCUT2D eigenvalue weighted by atomic mass is 9.85. The molecule has 23 heavy (non-hydrogen) atoms. The van der Waals surface area contributed by atoms with Crippen molar-refractivity contribution in [3.63, 3.8) is 0 Å². The van der Waals surface area contributed by atoms with E-state index in [2.05, 4.69) is 41.2 Å². The molecule has 1 fully saturated rings. The van der Waals surface area contributed by atoms with Gasteiger partial charge in [0, 0.05) is 11.8 Å². The van der Waals surface area contributed by atoms with E-state index in [1.807, 2.05) is 27.7 Å². The fourth-order valence-electron chi connectivity index (χ4n) is 2.48. The fourth-order valence-corrected chi connectivity index (χ4v) is 2.48. The zero-order valence-electron chi connectivity index (χ0n) is 14.5. The molecule has 2 aromatic rings. The largest absolute Gasteiger partial charge is 0.516 e. The molecule has 1 aromatic heterocycles. The first-order chi connectivity index (χ1) is 10.8. The van der Waals surface area contributed by atoms with Crippen molar-refractivity contribution in [1.29, 1.82) is 0 Å². The first kappa shape index (κ1) is 16.2. The Morgan fingerprint density at radius 2 is 1.52 bits per heavy atom. The van der Waals surface area contributed by atoms with Crippen LogP contribution in [0.25, 0.3) is 11.3 Å². The SMILES string of the molecule is CCc1ccc(-c2cnc(B3OC(C)(C)C(C)(C)O3)cn2)cc1. The summed E-state index contributed by atoms with van der Waals surface area (Å²) >= 11 is 0. The molecule has 0 radical (unpaired) electrons. The molecule has 0 unspecified atom stereocenters. The lowest BCUT2D eigenvalue weighted by Gasteiger charge is -2.32. The van der Waals surface area contributed by atoms with E-state index in [1.165, 1.54) is 5.56 Å². The Hall–Kier alpha value is -1.72. The summed E-state index contributed by atoms with van der Waals surface area (Å²) in [6.45, 7) is 10.3. The molecule has 0 atom stereocenters.